The van der Waals surface area contributed by atoms with Crippen LogP contribution >= 0.6 is 11.3 Å². The molecule has 2 heterocycles. The number of hydrogen-bond donors (Lipinski definition) is 1. The number of thiazole rings is 1. The molecular weight excluding hydrogens is 280 g/mol. The minimum absolute atomic E-state index is 0.176. The van der Waals surface area contributed by atoms with Gasteiger partial charge in [0.2, 0.25) is 0 Å². The minimum Gasteiger partial charge on any atom is -0.476 e. The number of nitrogens with zero attached hydrogens (tertiary/aromatic N) is 4. The molecule has 0 saturated carbocycles. The first-order valence-corrected chi connectivity index (χ1v) is 6.44. The van der Waals surface area contributed by atoms with E-state index in [9.17, 15) is 4.79 Å². The fourth-order valence-electron chi connectivity index (χ4n) is 1.52. The average Bonchev–Trinajstić information content (AvgIpc) is 3.10. The van der Waals surface area contributed by atoms with E-state index in [2.05, 4.69) is 15.3 Å². The SMILES string of the molecule is O=C(O)c1cn(Oc2ccc(-c3nccs3)cc2)nn1. The second-order valence-electron chi connectivity index (χ2n) is 3.76. The molecule has 3 rings (SSSR count). The van der Waals surface area contributed by atoms with Gasteiger partial charge in [-0.25, -0.2) is 9.78 Å². The van der Waals surface area contributed by atoms with Gasteiger partial charge >= 0.3 is 5.97 Å². The summed E-state index contributed by atoms with van der Waals surface area (Å²) < 4.78 is 0. The molecular formula is C12H8N4O3S. The molecule has 8 heteroatoms. The molecule has 0 saturated heterocycles. The zero-order chi connectivity index (χ0) is 13.9. The Morgan fingerprint density at radius 1 is 1.30 bits per heavy atom. The Labute approximate surface area is 117 Å². The molecule has 1 N–H and O–H groups in total. The van der Waals surface area contributed by atoms with Crippen molar-refractivity contribution in [2.24, 2.45) is 0 Å². The minimum atomic E-state index is -1.15. The van der Waals surface area contributed by atoms with E-state index in [-0.39, 0.29) is 5.69 Å². The first-order valence-electron chi connectivity index (χ1n) is 5.56. The van der Waals surface area contributed by atoms with E-state index in [1.165, 1.54) is 6.20 Å². The molecule has 2 aromatic heterocycles. The van der Waals surface area contributed by atoms with Gasteiger partial charge in [-0.1, -0.05) is 4.85 Å². The highest BCUT2D eigenvalue weighted by molar-refractivity contribution is 7.13. The lowest BCUT2D eigenvalue weighted by atomic mass is 10.2. The van der Waals surface area contributed by atoms with Crippen molar-refractivity contribution in [2.45, 2.75) is 0 Å². The lowest BCUT2D eigenvalue weighted by molar-refractivity contribution is 0.0690. The van der Waals surface area contributed by atoms with Gasteiger partial charge in [0.15, 0.2) is 11.4 Å². The van der Waals surface area contributed by atoms with E-state index in [1.54, 1.807) is 29.7 Å². The topological polar surface area (TPSA) is 90.1 Å². The molecule has 1 aromatic carbocycles. The normalized spacial score (nSPS) is 10.4. The molecule has 0 amide bonds. The highest BCUT2D eigenvalue weighted by Crippen LogP contribution is 2.24. The molecule has 0 aliphatic heterocycles. The predicted octanol–water partition coefficient (Wildman–Crippen LogP) is 1.94. The van der Waals surface area contributed by atoms with Crippen LogP contribution in [0.4, 0.5) is 0 Å². The second-order valence-corrected chi connectivity index (χ2v) is 4.66. The van der Waals surface area contributed by atoms with Crippen LogP contribution in [0.25, 0.3) is 10.6 Å². The van der Waals surface area contributed by atoms with E-state index >= 15 is 0 Å². The van der Waals surface area contributed by atoms with Crippen LogP contribution in [-0.4, -0.2) is 31.2 Å². The number of rotatable bonds is 4. The summed E-state index contributed by atoms with van der Waals surface area (Å²) >= 11 is 1.55. The van der Waals surface area contributed by atoms with Gasteiger partial charge < -0.3 is 9.94 Å². The number of carbonyl (C=O) groups is 1. The molecule has 0 bridgehead atoms. The maximum absolute atomic E-state index is 10.7. The quantitative estimate of drug-likeness (QED) is 0.789. The van der Waals surface area contributed by atoms with Crippen LogP contribution in [0.1, 0.15) is 10.5 Å². The monoisotopic (exact) mass is 288 g/mol. The number of hydrogen-bond acceptors (Lipinski definition) is 6. The highest BCUT2D eigenvalue weighted by Gasteiger charge is 2.09. The van der Waals surface area contributed by atoms with Crippen LogP contribution in [0.3, 0.4) is 0 Å². The van der Waals surface area contributed by atoms with Gasteiger partial charge in [0, 0.05) is 17.1 Å². The number of carboxylic acid groups (broad SMARTS) is 1. The van der Waals surface area contributed by atoms with Gasteiger partial charge in [-0.3, -0.25) is 0 Å². The first-order chi connectivity index (χ1) is 9.72. The standard InChI is InChI=1S/C12H8N4O3S/c17-12(18)10-7-16(15-14-10)19-9-3-1-8(2-4-9)11-13-5-6-20-11/h1-7H,(H,17,18). The van der Waals surface area contributed by atoms with Crippen molar-refractivity contribution in [3.8, 4) is 16.3 Å². The Balaban J connectivity index is 1.76. The van der Waals surface area contributed by atoms with Crippen molar-refractivity contribution in [3.05, 3.63) is 47.7 Å². The fourth-order valence-corrected chi connectivity index (χ4v) is 2.17. The van der Waals surface area contributed by atoms with E-state index < -0.39 is 5.97 Å². The lowest BCUT2D eigenvalue weighted by Crippen LogP contribution is -2.05. The summed E-state index contributed by atoms with van der Waals surface area (Å²) in [5.74, 6) is -0.633. The molecule has 7 nitrogen and oxygen atoms in total. The Kier molecular flexibility index (Phi) is 3.13. The zero-order valence-corrected chi connectivity index (χ0v) is 10.8. The molecule has 0 aliphatic carbocycles. The van der Waals surface area contributed by atoms with Crippen LogP contribution < -0.4 is 4.84 Å². The van der Waals surface area contributed by atoms with E-state index in [4.69, 9.17) is 9.94 Å². The van der Waals surface area contributed by atoms with Crippen molar-refractivity contribution >= 4 is 17.3 Å². The van der Waals surface area contributed by atoms with Gasteiger partial charge in [-0.15, -0.1) is 16.4 Å². The maximum Gasteiger partial charge on any atom is 0.358 e. The van der Waals surface area contributed by atoms with E-state index in [0.29, 0.717) is 5.75 Å². The Morgan fingerprint density at radius 3 is 2.70 bits per heavy atom. The summed E-state index contributed by atoms with van der Waals surface area (Å²) in [6.45, 7) is 0. The maximum atomic E-state index is 10.7. The third-order valence-corrected chi connectivity index (χ3v) is 3.25. The summed E-state index contributed by atoms with van der Waals surface area (Å²) in [7, 11) is 0. The smallest absolute Gasteiger partial charge is 0.358 e. The zero-order valence-electron chi connectivity index (χ0n) is 10.0. The Bertz CT molecular complexity index is 722. The molecule has 0 unspecified atom stereocenters. The first kappa shape index (κ1) is 12.3. The second kappa shape index (κ2) is 5.10. The van der Waals surface area contributed by atoms with Crippen molar-refractivity contribution in [1.29, 1.82) is 0 Å². The Hall–Kier alpha value is -2.74. The molecule has 100 valence electrons. The summed E-state index contributed by atoms with van der Waals surface area (Å²) in [6.07, 6.45) is 2.93. The Morgan fingerprint density at radius 2 is 2.10 bits per heavy atom. The van der Waals surface area contributed by atoms with Crippen molar-refractivity contribution in [2.75, 3.05) is 0 Å². The van der Waals surface area contributed by atoms with Crippen LogP contribution in [0.5, 0.6) is 5.75 Å². The number of aromatic nitrogens is 4. The summed E-state index contributed by atoms with van der Waals surface area (Å²) in [5, 5.41) is 18.6. The fraction of sp³-hybridized carbons (Fsp3) is 0. The molecule has 0 fully saturated rings. The summed E-state index contributed by atoms with van der Waals surface area (Å²) in [4.78, 5) is 21.2. The van der Waals surface area contributed by atoms with E-state index in [0.717, 1.165) is 15.4 Å². The van der Waals surface area contributed by atoms with Gasteiger partial charge in [0.25, 0.3) is 0 Å². The summed E-state index contributed by atoms with van der Waals surface area (Å²) in [5.41, 5.74) is 0.807. The van der Waals surface area contributed by atoms with Gasteiger partial charge in [-0.05, 0) is 29.5 Å². The number of benzene rings is 1. The molecule has 20 heavy (non-hydrogen) atoms. The van der Waals surface area contributed by atoms with Crippen LogP contribution in [0.2, 0.25) is 0 Å². The molecule has 0 spiro atoms. The largest absolute Gasteiger partial charge is 0.476 e. The number of aromatic carboxylic acids is 1. The molecule has 0 aliphatic rings. The third kappa shape index (κ3) is 2.50. The average molecular weight is 288 g/mol. The molecule has 3 aromatic rings. The van der Waals surface area contributed by atoms with Gasteiger partial charge in [-0.2, -0.15) is 0 Å². The number of carboxylic acids is 1. The van der Waals surface area contributed by atoms with Gasteiger partial charge in [0.05, 0.1) is 0 Å². The van der Waals surface area contributed by atoms with Crippen molar-refractivity contribution in [1.82, 2.24) is 20.1 Å². The van der Waals surface area contributed by atoms with Crippen LogP contribution in [0.15, 0.2) is 42.0 Å². The van der Waals surface area contributed by atoms with Crippen molar-refractivity contribution < 1.29 is 14.7 Å². The van der Waals surface area contributed by atoms with Crippen molar-refractivity contribution in [3.63, 3.8) is 0 Å². The molecule has 0 radical (unpaired) electrons. The predicted molar refractivity (Wildman–Crippen MR) is 70.6 cm³/mol. The van der Waals surface area contributed by atoms with Crippen LogP contribution in [-0.2, 0) is 0 Å². The summed E-state index contributed by atoms with van der Waals surface area (Å²) in [6, 6.07) is 7.23. The van der Waals surface area contributed by atoms with Gasteiger partial charge in [0.1, 0.15) is 11.2 Å². The van der Waals surface area contributed by atoms with Crippen LogP contribution in [0, 0.1) is 0 Å². The van der Waals surface area contributed by atoms with E-state index in [1.807, 2.05) is 17.5 Å². The highest BCUT2D eigenvalue weighted by atomic mass is 32.1. The lowest BCUT2D eigenvalue weighted by Gasteiger charge is -2.03. The third-order valence-electron chi connectivity index (χ3n) is 2.42. The molecule has 0 atom stereocenters.